The molecule has 6 nitrogen and oxygen atoms in total. The molecule has 27 heavy (non-hydrogen) atoms. The van der Waals surface area contributed by atoms with Gasteiger partial charge in [0.05, 0.1) is 23.9 Å². The van der Waals surface area contributed by atoms with Crippen molar-refractivity contribution in [1.82, 2.24) is 4.98 Å². The fourth-order valence-corrected chi connectivity index (χ4v) is 2.81. The lowest BCUT2D eigenvalue weighted by Gasteiger charge is -2.32. The van der Waals surface area contributed by atoms with Crippen LogP contribution in [0, 0.1) is 6.92 Å². The van der Waals surface area contributed by atoms with Crippen molar-refractivity contribution in [2.75, 3.05) is 12.4 Å². The number of methoxy groups -OCH3 is 1. The van der Waals surface area contributed by atoms with Gasteiger partial charge in [-0.1, -0.05) is 6.07 Å². The van der Waals surface area contributed by atoms with Gasteiger partial charge in [0.25, 0.3) is 5.91 Å². The maximum absolute atomic E-state index is 12.7. The van der Waals surface area contributed by atoms with Crippen LogP contribution in [0.15, 0.2) is 36.5 Å². The first-order valence-electron chi connectivity index (χ1n) is 8.90. The summed E-state index contributed by atoms with van der Waals surface area (Å²) in [4.78, 5) is 16.8. The van der Waals surface area contributed by atoms with Gasteiger partial charge >= 0.3 is 7.12 Å². The number of amides is 1. The lowest BCUT2D eigenvalue weighted by atomic mass is 9.78. The highest BCUT2D eigenvalue weighted by Crippen LogP contribution is 2.36. The van der Waals surface area contributed by atoms with E-state index >= 15 is 0 Å². The Morgan fingerprint density at radius 1 is 1.11 bits per heavy atom. The summed E-state index contributed by atoms with van der Waals surface area (Å²) in [7, 11) is 1.02. The first kappa shape index (κ1) is 19.4. The number of pyridine rings is 1. The number of carbonyl (C=O) groups excluding carboxylic acids is 1. The van der Waals surface area contributed by atoms with Crippen LogP contribution in [-0.2, 0) is 9.31 Å². The van der Waals surface area contributed by atoms with Crippen LogP contribution in [0.25, 0.3) is 0 Å². The van der Waals surface area contributed by atoms with E-state index in [-0.39, 0.29) is 5.91 Å². The number of aromatic nitrogens is 1. The number of aryl methyl sites for hydroxylation is 1. The summed E-state index contributed by atoms with van der Waals surface area (Å²) >= 11 is 0. The van der Waals surface area contributed by atoms with Gasteiger partial charge in [0.1, 0.15) is 11.6 Å². The van der Waals surface area contributed by atoms with E-state index < -0.39 is 18.3 Å². The molecule has 0 spiro atoms. The van der Waals surface area contributed by atoms with E-state index in [4.69, 9.17) is 14.0 Å². The molecule has 1 fully saturated rings. The SMILES string of the molecule is COc1cc(B2OC(C)(C)C(C)(C)O2)ccc1C(=O)Nc1cc(C)ccn1. The molecular formula is C20H25BN2O4. The van der Waals surface area contributed by atoms with E-state index in [0.29, 0.717) is 17.1 Å². The molecule has 1 aromatic carbocycles. The Kier molecular flexibility index (Phi) is 5.01. The van der Waals surface area contributed by atoms with Crippen LogP contribution >= 0.6 is 0 Å². The summed E-state index contributed by atoms with van der Waals surface area (Å²) in [6.45, 7) is 9.95. The third kappa shape index (κ3) is 3.84. The molecule has 2 aromatic rings. The van der Waals surface area contributed by atoms with Crippen LogP contribution in [0.1, 0.15) is 43.6 Å². The number of nitrogens with zero attached hydrogens (tertiary/aromatic N) is 1. The lowest BCUT2D eigenvalue weighted by molar-refractivity contribution is 0.00578. The molecular weight excluding hydrogens is 343 g/mol. The van der Waals surface area contributed by atoms with Crippen LogP contribution in [-0.4, -0.2) is 36.3 Å². The first-order chi connectivity index (χ1) is 12.6. The number of ether oxygens (including phenoxy) is 1. The molecule has 7 heteroatoms. The topological polar surface area (TPSA) is 69.7 Å². The van der Waals surface area contributed by atoms with Crippen molar-refractivity contribution < 1.29 is 18.8 Å². The van der Waals surface area contributed by atoms with E-state index in [1.807, 2.05) is 52.8 Å². The zero-order valence-corrected chi connectivity index (χ0v) is 16.6. The number of hydrogen-bond acceptors (Lipinski definition) is 5. The molecule has 1 N–H and O–H groups in total. The highest BCUT2D eigenvalue weighted by atomic mass is 16.7. The second-order valence-electron chi connectivity index (χ2n) is 7.72. The molecule has 1 amide bonds. The molecule has 1 aliphatic heterocycles. The Balaban J connectivity index is 1.84. The molecule has 1 aliphatic rings. The van der Waals surface area contributed by atoms with Crippen LogP contribution in [0.2, 0.25) is 0 Å². The normalized spacial score (nSPS) is 17.6. The molecule has 0 saturated carbocycles. The average molecular weight is 368 g/mol. The molecule has 1 aromatic heterocycles. The first-order valence-corrected chi connectivity index (χ1v) is 8.90. The molecule has 0 radical (unpaired) electrons. The van der Waals surface area contributed by atoms with Crippen molar-refractivity contribution in [3.63, 3.8) is 0 Å². The zero-order valence-electron chi connectivity index (χ0n) is 16.6. The van der Waals surface area contributed by atoms with E-state index in [9.17, 15) is 4.79 Å². The van der Waals surface area contributed by atoms with E-state index in [2.05, 4.69) is 10.3 Å². The minimum Gasteiger partial charge on any atom is -0.496 e. The minimum absolute atomic E-state index is 0.287. The van der Waals surface area contributed by atoms with Crippen LogP contribution in [0.4, 0.5) is 5.82 Å². The Morgan fingerprint density at radius 3 is 2.37 bits per heavy atom. The zero-order chi connectivity index (χ0) is 19.8. The Bertz CT molecular complexity index is 851. The molecule has 3 rings (SSSR count). The van der Waals surface area contributed by atoms with Crippen molar-refractivity contribution in [1.29, 1.82) is 0 Å². The molecule has 142 valence electrons. The van der Waals surface area contributed by atoms with Gasteiger partial charge in [0.15, 0.2) is 0 Å². The summed E-state index contributed by atoms with van der Waals surface area (Å²) in [5.41, 5.74) is 1.37. The summed E-state index contributed by atoms with van der Waals surface area (Å²) < 4.78 is 17.6. The summed E-state index contributed by atoms with van der Waals surface area (Å²) in [6, 6.07) is 8.99. The Labute approximate surface area is 160 Å². The van der Waals surface area contributed by atoms with Gasteiger partial charge in [0.2, 0.25) is 0 Å². The maximum Gasteiger partial charge on any atom is 0.494 e. The Hall–Kier alpha value is -2.38. The Morgan fingerprint density at radius 2 is 1.78 bits per heavy atom. The molecule has 0 aliphatic carbocycles. The van der Waals surface area contributed by atoms with E-state index in [0.717, 1.165) is 11.0 Å². The van der Waals surface area contributed by atoms with Crippen LogP contribution in [0.3, 0.4) is 0 Å². The number of anilines is 1. The second-order valence-corrected chi connectivity index (χ2v) is 7.72. The van der Waals surface area contributed by atoms with Gasteiger partial charge in [0, 0.05) is 6.20 Å². The van der Waals surface area contributed by atoms with Gasteiger partial charge < -0.3 is 19.4 Å². The van der Waals surface area contributed by atoms with Crippen molar-refractivity contribution in [3.8, 4) is 5.75 Å². The minimum atomic E-state index is -0.514. The van der Waals surface area contributed by atoms with Crippen molar-refractivity contribution >= 4 is 24.3 Å². The van der Waals surface area contributed by atoms with Gasteiger partial charge in [-0.05, 0) is 69.9 Å². The molecule has 0 bridgehead atoms. The summed E-state index contributed by atoms with van der Waals surface area (Å²) in [6.07, 6.45) is 1.66. The van der Waals surface area contributed by atoms with Gasteiger partial charge in [-0.25, -0.2) is 4.98 Å². The lowest BCUT2D eigenvalue weighted by Crippen LogP contribution is -2.41. The van der Waals surface area contributed by atoms with Gasteiger partial charge in [-0.3, -0.25) is 4.79 Å². The largest absolute Gasteiger partial charge is 0.496 e. The van der Waals surface area contributed by atoms with Crippen molar-refractivity contribution in [2.45, 2.75) is 45.8 Å². The average Bonchev–Trinajstić information content (AvgIpc) is 2.82. The monoisotopic (exact) mass is 368 g/mol. The quantitative estimate of drug-likeness (QED) is 0.841. The fourth-order valence-electron chi connectivity index (χ4n) is 2.81. The molecule has 0 unspecified atom stereocenters. The van der Waals surface area contributed by atoms with Crippen molar-refractivity contribution in [3.05, 3.63) is 47.7 Å². The second kappa shape index (κ2) is 6.98. The third-order valence-electron chi connectivity index (χ3n) is 5.15. The fraction of sp³-hybridized carbons (Fsp3) is 0.400. The molecule has 1 saturated heterocycles. The third-order valence-corrected chi connectivity index (χ3v) is 5.15. The predicted octanol–water partition coefficient (Wildman–Crippen LogP) is 2.95. The van der Waals surface area contributed by atoms with Gasteiger partial charge in [-0.2, -0.15) is 0 Å². The smallest absolute Gasteiger partial charge is 0.494 e. The summed E-state index contributed by atoms with van der Waals surface area (Å²) in [5.74, 6) is 0.662. The molecule has 2 heterocycles. The van der Waals surface area contributed by atoms with E-state index in [1.54, 1.807) is 18.3 Å². The predicted molar refractivity (Wildman–Crippen MR) is 106 cm³/mol. The highest BCUT2D eigenvalue weighted by molar-refractivity contribution is 6.62. The highest BCUT2D eigenvalue weighted by Gasteiger charge is 2.51. The van der Waals surface area contributed by atoms with Crippen LogP contribution < -0.4 is 15.5 Å². The number of hydrogen-bond donors (Lipinski definition) is 1. The summed E-state index contributed by atoms with van der Waals surface area (Å²) in [5, 5.41) is 2.80. The number of rotatable bonds is 4. The number of nitrogens with one attached hydrogen (secondary N) is 1. The number of carbonyl (C=O) groups is 1. The molecule has 0 atom stereocenters. The van der Waals surface area contributed by atoms with Gasteiger partial charge in [-0.15, -0.1) is 0 Å². The van der Waals surface area contributed by atoms with Crippen molar-refractivity contribution in [2.24, 2.45) is 0 Å². The number of benzene rings is 1. The maximum atomic E-state index is 12.7. The standard InChI is InChI=1S/C20H25BN2O4/c1-13-9-10-22-17(11-13)23-18(24)15-8-7-14(12-16(15)25-6)21-26-19(2,3)20(4,5)27-21/h7-12H,1-6H3,(H,22,23,24). The van der Waals surface area contributed by atoms with Crippen LogP contribution in [0.5, 0.6) is 5.75 Å². The van der Waals surface area contributed by atoms with E-state index in [1.165, 1.54) is 7.11 Å².